The van der Waals surface area contributed by atoms with Crippen molar-refractivity contribution in [2.75, 3.05) is 11.9 Å². The Morgan fingerprint density at radius 1 is 0.970 bits per heavy atom. The quantitative estimate of drug-likeness (QED) is 0.596. The fourth-order valence-corrected chi connectivity index (χ4v) is 5.90. The summed E-state index contributed by atoms with van der Waals surface area (Å²) in [4.78, 5) is 25.2. The molecule has 3 N–H and O–H groups in total. The number of anilines is 1. The molecular weight excluding hydrogens is 445 g/mol. The SMILES string of the molecule is O=C(NS(=O)(=O)c1ccccc1)c1ccc(NC(=O)[C@H]2NCCC2C2CCCCC2)cc1F. The highest BCUT2D eigenvalue weighted by Gasteiger charge is 2.38. The molecule has 0 radical (unpaired) electrons. The van der Waals surface area contributed by atoms with Crippen LogP contribution in [0, 0.1) is 17.7 Å². The Balaban J connectivity index is 1.42. The lowest BCUT2D eigenvalue weighted by Gasteiger charge is -2.30. The number of carbonyl (C=O) groups excluding carboxylic acids is 2. The summed E-state index contributed by atoms with van der Waals surface area (Å²) in [6.45, 7) is 0.780. The molecule has 7 nitrogen and oxygen atoms in total. The van der Waals surface area contributed by atoms with Crippen molar-refractivity contribution in [2.45, 2.75) is 49.5 Å². The smallest absolute Gasteiger partial charge is 0.267 e. The standard InChI is InChI=1S/C24H28FN3O4S/c25-21-15-17(27-24(30)22-19(13-14-26-22)16-7-3-1-4-8-16)11-12-20(21)23(29)28-33(31,32)18-9-5-2-6-10-18/h2,5-6,9-12,15-16,19,22,26H,1,3-4,7-8,13-14H2,(H,27,30)(H,28,29)/t19?,22-/m0/s1. The summed E-state index contributed by atoms with van der Waals surface area (Å²) in [6, 6.07) is 10.6. The van der Waals surface area contributed by atoms with E-state index in [-0.39, 0.29) is 28.4 Å². The lowest BCUT2D eigenvalue weighted by atomic mass is 9.76. The van der Waals surface area contributed by atoms with Gasteiger partial charge in [0.25, 0.3) is 15.9 Å². The number of halogens is 1. The van der Waals surface area contributed by atoms with Crippen LogP contribution in [-0.4, -0.2) is 32.8 Å². The molecule has 1 saturated heterocycles. The Morgan fingerprint density at radius 2 is 1.70 bits per heavy atom. The van der Waals surface area contributed by atoms with Gasteiger partial charge in [-0.25, -0.2) is 17.5 Å². The van der Waals surface area contributed by atoms with E-state index in [1.54, 1.807) is 6.07 Å². The largest absolute Gasteiger partial charge is 0.325 e. The number of carbonyl (C=O) groups is 2. The summed E-state index contributed by atoms with van der Waals surface area (Å²) in [5, 5.41) is 6.02. The predicted molar refractivity (Wildman–Crippen MR) is 123 cm³/mol. The topological polar surface area (TPSA) is 104 Å². The van der Waals surface area contributed by atoms with E-state index in [0.29, 0.717) is 5.92 Å². The van der Waals surface area contributed by atoms with E-state index in [9.17, 15) is 22.4 Å². The molecule has 2 aliphatic rings. The molecule has 1 unspecified atom stereocenters. The molecule has 1 heterocycles. The van der Waals surface area contributed by atoms with Crippen LogP contribution in [0.15, 0.2) is 53.4 Å². The second kappa shape index (κ2) is 10.0. The Hall–Kier alpha value is -2.78. The normalized spacial score (nSPS) is 21.5. The van der Waals surface area contributed by atoms with Gasteiger partial charge < -0.3 is 10.6 Å². The maximum Gasteiger partial charge on any atom is 0.267 e. The average molecular weight is 474 g/mol. The van der Waals surface area contributed by atoms with Crippen molar-refractivity contribution in [1.29, 1.82) is 0 Å². The maximum absolute atomic E-state index is 14.7. The second-order valence-electron chi connectivity index (χ2n) is 8.71. The van der Waals surface area contributed by atoms with E-state index < -0.39 is 27.3 Å². The summed E-state index contributed by atoms with van der Waals surface area (Å²) in [6.07, 6.45) is 6.88. The first-order chi connectivity index (χ1) is 15.8. The van der Waals surface area contributed by atoms with Crippen molar-refractivity contribution < 1.29 is 22.4 Å². The number of nitrogens with one attached hydrogen (secondary N) is 3. The number of rotatable bonds is 6. The molecule has 0 bridgehead atoms. The predicted octanol–water partition coefficient (Wildman–Crippen LogP) is 3.44. The van der Waals surface area contributed by atoms with Crippen molar-refractivity contribution in [1.82, 2.24) is 10.0 Å². The zero-order chi connectivity index (χ0) is 23.4. The molecule has 2 aromatic rings. The molecule has 1 saturated carbocycles. The number of hydrogen-bond acceptors (Lipinski definition) is 5. The van der Waals surface area contributed by atoms with E-state index >= 15 is 0 Å². The fourth-order valence-electron chi connectivity index (χ4n) is 4.91. The van der Waals surface area contributed by atoms with Gasteiger partial charge in [0.2, 0.25) is 5.91 Å². The van der Waals surface area contributed by atoms with Crippen molar-refractivity contribution >= 4 is 27.5 Å². The fraction of sp³-hybridized carbons (Fsp3) is 0.417. The van der Waals surface area contributed by atoms with E-state index in [4.69, 9.17) is 0 Å². The van der Waals surface area contributed by atoms with Crippen molar-refractivity contribution in [3.8, 4) is 0 Å². The minimum absolute atomic E-state index is 0.0979. The third-order valence-electron chi connectivity index (χ3n) is 6.57. The summed E-state index contributed by atoms with van der Waals surface area (Å²) < 4.78 is 41.2. The first kappa shape index (κ1) is 23.4. The molecule has 2 atom stereocenters. The third-order valence-corrected chi connectivity index (χ3v) is 7.92. The summed E-state index contributed by atoms with van der Waals surface area (Å²) in [7, 11) is -4.13. The molecule has 0 aromatic heterocycles. The minimum Gasteiger partial charge on any atom is -0.325 e. The van der Waals surface area contributed by atoms with Crippen LogP contribution in [0.1, 0.15) is 48.9 Å². The molecule has 1 aliphatic carbocycles. The Bertz CT molecular complexity index is 1120. The van der Waals surface area contributed by atoms with E-state index in [1.807, 2.05) is 4.72 Å². The lowest BCUT2D eigenvalue weighted by Crippen LogP contribution is -2.42. The molecule has 1 aliphatic heterocycles. The monoisotopic (exact) mass is 473 g/mol. The van der Waals surface area contributed by atoms with Crippen LogP contribution >= 0.6 is 0 Å². The number of sulfonamides is 1. The van der Waals surface area contributed by atoms with Gasteiger partial charge in [-0.05, 0) is 55.1 Å². The van der Waals surface area contributed by atoms with Gasteiger partial charge in [0, 0.05) is 5.69 Å². The molecule has 2 fully saturated rings. The highest BCUT2D eigenvalue weighted by molar-refractivity contribution is 7.90. The molecule has 4 rings (SSSR count). The Labute approximate surface area is 193 Å². The van der Waals surface area contributed by atoms with Crippen molar-refractivity contribution in [3.05, 3.63) is 59.9 Å². The number of hydrogen-bond donors (Lipinski definition) is 3. The summed E-state index contributed by atoms with van der Waals surface area (Å²) in [5.41, 5.74) is -0.206. The van der Waals surface area contributed by atoms with Crippen molar-refractivity contribution in [3.63, 3.8) is 0 Å². The Morgan fingerprint density at radius 3 is 2.39 bits per heavy atom. The van der Waals surface area contributed by atoms with Crippen LogP contribution in [-0.2, 0) is 14.8 Å². The van der Waals surface area contributed by atoms with Crippen molar-refractivity contribution in [2.24, 2.45) is 11.8 Å². The van der Waals surface area contributed by atoms with E-state index in [1.165, 1.54) is 55.7 Å². The van der Waals surface area contributed by atoms with Crippen LogP contribution in [0.25, 0.3) is 0 Å². The summed E-state index contributed by atoms with van der Waals surface area (Å²) in [5.74, 6) is -1.42. The molecule has 33 heavy (non-hydrogen) atoms. The lowest BCUT2D eigenvalue weighted by molar-refractivity contribution is -0.119. The van der Waals surface area contributed by atoms with Gasteiger partial charge in [0.1, 0.15) is 5.82 Å². The van der Waals surface area contributed by atoms with Crippen LogP contribution < -0.4 is 15.4 Å². The number of benzene rings is 2. The van der Waals surface area contributed by atoms with Gasteiger partial charge in [-0.3, -0.25) is 9.59 Å². The van der Waals surface area contributed by atoms with Crippen LogP contribution in [0.5, 0.6) is 0 Å². The zero-order valence-corrected chi connectivity index (χ0v) is 19.0. The minimum atomic E-state index is -4.13. The highest BCUT2D eigenvalue weighted by Crippen LogP contribution is 2.36. The third kappa shape index (κ3) is 5.42. The molecule has 2 aromatic carbocycles. The molecule has 176 valence electrons. The van der Waals surface area contributed by atoms with Gasteiger partial charge in [0.15, 0.2) is 0 Å². The van der Waals surface area contributed by atoms with E-state index in [2.05, 4.69) is 10.6 Å². The van der Waals surface area contributed by atoms with Crippen LogP contribution in [0.4, 0.5) is 10.1 Å². The first-order valence-corrected chi connectivity index (χ1v) is 12.8. The molecular formula is C24H28FN3O4S. The van der Waals surface area contributed by atoms with Gasteiger partial charge in [-0.2, -0.15) is 0 Å². The second-order valence-corrected chi connectivity index (χ2v) is 10.4. The number of amides is 2. The molecule has 9 heteroatoms. The maximum atomic E-state index is 14.7. The van der Waals surface area contributed by atoms with Gasteiger partial charge in [-0.15, -0.1) is 0 Å². The zero-order valence-electron chi connectivity index (χ0n) is 18.2. The molecule has 2 amide bonds. The van der Waals surface area contributed by atoms with E-state index in [0.717, 1.165) is 31.9 Å². The Kier molecular flexibility index (Phi) is 7.09. The average Bonchev–Trinajstić information content (AvgIpc) is 3.30. The molecule has 0 spiro atoms. The summed E-state index contributed by atoms with van der Waals surface area (Å²) >= 11 is 0. The highest BCUT2D eigenvalue weighted by atomic mass is 32.2. The van der Waals surface area contributed by atoms with Gasteiger partial charge in [-0.1, -0.05) is 50.3 Å². The van der Waals surface area contributed by atoms with Crippen LogP contribution in [0.3, 0.4) is 0 Å². The van der Waals surface area contributed by atoms with Gasteiger partial charge >= 0.3 is 0 Å². The van der Waals surface area contributed by atoms with Crippen LogP contribution in [0.2, 0.25) is 0 Å². The first-order valence-electron chi connectivity index (χ1n) is 11.3. The van der Waals surface area contributed by atoms with Gasteiger partial charge in [0.05, 0.1) is 16.5 Å².